The second-order valence-electron chi connectivity index (χ2n) is 2.82. The van der Waals surface area contributed by atoms with Gasteiger partial charge in [0.25, 0.3) is 0 Å². The van der Waals surface area contributed by atoms with E-state index >= 15 is 0 Å². The molecule has 1 aromatic rings. The van der Waals surface area contributed by atoms with Crippen LogP contribution in [0.1, 0.15) is 15.9 Å². The molecule has 0 atom stereocenters. The number of rotatable bonds is 4. The van der Waals surface area contributed by atoms with Crippen LogP contribution >= 0.6 is 11.6 Å². The highest BCUT2D eigenvalue weighted by Gasteiger charge is 2.01. The van der Waals surface area contributed by atoms with Gasteiger partial charge in [-0.15, -0.1) is 0 Å². The molecule has 0 radical (unpaired) electrons. The Bertz CT molecular complexity index is 347. The van der Waals surface area contributed by atoms with E-state index in [9.17, 15) is 4.79 Å². The van der Waals surface area contributed by atoms with E-state index in [0.29, 0.717) is 10.6 Å². The van der Waals surface area contributed by atoms with Crippen LogP contribution in [0.25, 0.3) is 6.08 Å². The van der Waals surface area contributed by atoms with Gasteiger partial charge in [-0.25, -0.2) is 0 Å². The topological polar surface area (TPSA) is 29.1 Å². The number of carbonyl (C=O) groups excluding carboxylic acids is 1. The van der Waals surface area contributed by atoms with Crippen molar-refractivity contribution in [3.63, 3.8) is 0 Å². The smallest absolute Gasteiger partial charge is 0.150 e. The maximum atomic E-state index is 10.7. The molecule has 74 valence electrons. The molecule has 14 heavy (non-hydrogen) atoms. The minimum Gasteiger partial charge on any atom is -0.316 e. The Morgan fingerprint density at radius 2 is 2.29 bits per heavy atom. The molecule has 3 heteroatoms. The molecule has 0 fully saturated rings. The summed E-state index contributed by atoms with van der Waals surface area (Å²) in [7, 11) is 1.86. The van der Waals surface area contributed by atoms with Gasteiger partial charge in [-0.1, -0.05) is 35.9 Å². The second kappa shape index (κ2) is 5.58. The van der Waals surface area contributed by atoms with Gasteiger partial charge in [-0.2, -0.15) is 0 Å². The van der Waals surface area contributed by atoms with E-state index in [0.717, 1.165) is 18.4 Å². The van der Waals surface area contributed by atoms with Gasteiger partial charge in [0.15, 0.2) is 6.29 Å². The molecule has 0 aliphatic carbocycles. The first-order valence-corrected chi connectivity index (χ1v) is 4.72. The SMILES string of the molecule is CNCC=Cc1c(Cl)cccc1C=O. The average Bonchev–Trinajstić information content (AvgIpc) is 2.20. The summed E-state index contributed by atoms with van der Waals surface area (Å²) in [4.78, 5) is 10.7. The molecular formula is C11H12ClNO. The van der Waals surface area contributed by atoms with E-state index in [1.807, 2.05) is 19.2 Å². The normalized spacial score (nSPS) is 10.7. The molecule has 0 amide bonds. The molecule has 0 aliphatic heterocycles. The minimum absolute atomic E-state index is 0.599. The van der Waals surface area contributed by atoms with Crippen LogP contribution in [-0.2, 0) is 0 Å². The Morgan fingerprint density at radius 1 is 1.50 bits per heavy atom. The molecule has 0 saturated carbocycles. The molecule has 1 aromatic carbocycles. The monoisotopic (exact) mass is 209 g/mol. The molecule has 0 saturated heterocycles. The van der Waals surface area contributed by atoms with Crippen LogP contribution in [0.3, 0.4) is 0 Å². The number of carbonyl (C=O) groups is 1. The van der Waals surface area contributed by atoms with Crippen LogP contribution in [-0.4, -0.2) is 19.9 Å². The van der Waals surface area contributed by atoms with Crippen LogP contribution in [0.15, 0.2) is 24.3 Å². The summed E-state index contributed by atoms with van der Waals surface area (Å²) in [5.74, 6) is 0. The Morgan fingerprint density at radius 3 is 2.93 bits per heavy atom. The first-order valence-electron chi connectivity index (χ1n) is 4.34. The van der Waals surface area contributed by atoms with Crippen LogP contribution in [0, 0.1) is 0 Å². The van der Waals surface area contributed by atoms with Crippen molar-refractivity contribution in [2.24, 2.45) is 0 Å². The van der Waals surface area contributed by atoms with Crippen LogP contribution in [0.4, 0.5) is 0 Å². The summed E-state index contributed by atoms with van der Waals surface area (Å²) in [5.41, 5.74) is 1.39. The van der Waals surface area contributed by atoms with Gasteiger partial charge in [-0.05, 0) is 13.1 Å². The number of hydrogen-bond acceptors (Lipinski definition) is 2. The van der Waals surface area contributed by atoms with Crippen molar-refractivity contribution < 1.29 is 4.79 Å². The van der Waals surface area contributed by atoms with Gasteiger partial charge in [-0.3, -0.25) is 4.79 Å². The van der Waals surface area contributed by atoms with E-state index in [-0.39, 0.29) is 0 Å². The molecule has 0 bridgehead atoms. The molecule has 0 spiro atoms. The highest BCUT2D eigenvalue weighted by molar-refractivity contribution is 6.32. The molecule has 0 unspecified atom stereocenters. The molecule has 0 heterocycles. The fourth-order valence-corrected chi connectivity index (χ4v) is 1.37. The molecule has 0 aliphatic rings. The average molecular weight is 210 g/mol. The lowest BCUT2D eigenvalue weighted by Gasteiger charge is -2.01. The zero-order chi connectivity index (χ0) is 10.4. The van der Waals surface area contributed by atoms with E-state index in [1.165, 1.54) is 0 Å². The van der Waals surface area contributed by atoms with Gasteiger partial charge in [0, 0.05) is 22.7 Å². The lowest BCUT2D eigenvalue weighted by atomic mass is 10.1. The maximum absolute atomic E-state index is 10.7. The van der Waals surface area contributed by atoms with Gasteiger partial charge in [0.2, 0.25) is 0 Å². The number of halogens is 1. The fourth-order valence-electron chi connectivity index (χ4n) is 1.13. The Balaban J connectivity index is 2.98. The van der Waals surface area contributed by atoms with E-state index < -0.39 is 0 Å². The highest BCUT2D eigenvalue weighted by atomic mass is 35.5. The standard InChI is InChI=1S/C11H12ClNO/c1-13-7-3-5-10-9(8-14)4-2-6-11(10)12/h2-6,8,13H,7H2,1H3. The summed E-state index contributed by atoms with van der Waals surface area (Å²) in [6.07, 6.45) is 4.59. The fraction of sp³-hybridized carbons (Fsp3) is 0.182. The summed E-state index contributed by atoms with van der Waals surface area (Å²) < 4.78 is 0. The van der Waals surface area contributed by atoms with Gasteiger partial charge >= 0.3 is 0 Å². The third-order valence-electron chi connectivity index (χ3n) is 1.82. The zero-order valence-electron chi connectivity index (χ0n) is 7.96. The first-order chi connectivity index (χ1) is 6.79. The van der Waals surface area contributed by atoms with Gasteiger partial charge < -0.3 is 5.32 Å². The molecule has 2 nitrogen and oxygen atoms in total. The molecular weight excluding hydrogens is 198 g/mol. The van der Waals surface area contributed by atoms with Crippen molar-refractivity contribution >= 4 is 24.0 Å². The minimum atomic E-state index is 0.599. The van der Waals surface area contributed by atoms with Crippen molar-refractivity contribution in [2.75, 3.05) is 13.6 Å². The van der Waals surface area contributed by atoms with Crippen molar-refractivity contribution in [1.82, 2.24) is 5.32 Å². The lowest BCUT2D eigenvalue weighted by Crippen LogP contribution is -2.03. The molecule has 1 N–H and O–H groups in total. The zero-order valence-corrected chi connectivity index (χ0v) is 8.71. The number of aldehydes is 1. The van der Waals surface area contributed by atoms with Crippen molar-refractivity contribution in [1.29, 1.82) is 0 Å². The summed E-state index contributed by atoms with van der Waals surface area (Å²) in [5, 5.41) is 3.58. The number of benzene rings is 1. The third-order valence-corrected chi connectivity index (χ3v) is 2.15. The van der Waals surface area contributed by atoms with E-state index in [4.69, 9.17) is 11.6 Å². The number of nitrogens with one attached hydrogen (secondary N) is 1. The largest absolute Gasteiger partial charge is 0.316 e. The van der Waals surface area contributed by atoms with Crippen molar-refractivity contribution in [3.05, 3.63) is 40.4 Å². The van der Waals surface area contributed by atoms with Crippen molar-refractivity contribution in [3.8, 4) is 0 Å². The van der Waals surface area contributed by atoms with E-state index in [2.05, 4.69) is 5.32 Å². The van der Waals surface area contributed by atoms with E-state index in [1.54, 1.807) is 18.2 Å². The third kappa shape index (κ3) is 2.69. The number of hydrogen-bond donors (Lipinski definition) is 1. The maximum Gasteiger partial charge on any atom is 0.150 e. The Hall–Kier alpha value is -1.12. The predicted octanol–water partition coefficient (Wildman–Crippen LogP) is 2.39. The highest BCUT2D eigenvalue weighted by Crippen LogP contribution is 2.20. The van der Waals surface area contributed by atoms with Crippen LogP contribution < -0.4 is 5.32 Å². The number of likely N-dealkylation sites (N-methyl/N-ethyl adjacent to an activating group) is 1. The second-order valence-corrected chi connectivity index (χ2v) is 3.23. The van der Waals surface area contributed by atoms with Crippen LogP contribution in [0.2, 0.25) is 5.02 Å². The quantitative estimate of drug-likeness (QED) is 0.772. The van der Waals surface area contributed by atoms with Crippen molar-refractivity contribution in [2.45, 2.75) is 0 Å². The molecule has 0 aromatic heterocycles. The Kier molecular flexibility index (Phi) is 4.36. The van der Waals surface area contributed by atoms with Gasteiger partial charge in [0.05, 0.1) is 0 Å². The molecule has 1 rings (SSSR count). The lowest BCUT2D eigenvalue weighted by molar-refractivity contribution is 0.112. The predicted molar refractivity (Wildman–Crippen MR) is 59.8 cm³/mol. The van der Waals surface area contributed by atoms with Gasteiger partial charge in [0.1, 0.15) is 0 Å². The summed E-state index contributed by atoms with van der Waals surface area (Å²) >= 11 is 5.96. The first kappa shape index (κ1) is 11.0. The summed E-state index contributed by atoms with van der Waals surface area (Å²) in [6.45, 7) is 0.753. The Labute approximate surface area is 88.6 Å². The summed E-state index contributed by atoms with van der Waals surface area (Å²) in [6, 6.07) is 5.28. The van der Waals surface area contributed by atoms with Crippen LogP contribution in [0.5, 0.6) is 0 Å².